The molecule has 1 aromatic heterocycles. The Morgan fingerprint density at radius 1 is 1.11 bits per heavy atom. The van der Waals surface area contributed by atoms with E-state index < -0.39 is 0 Å². The summed E-state index contributed by atoms with van der Waals surface area (Å²) in [6.07, 6.45) is 2.34. The van der Waals surface area contributed by atoms with E-state index in [-0.39, 0.29) is 11.9 Å². The van der Waals surface area contributed by atoms with Crippen LogP contribution in [0.4, 0.5) is 11.5 Å². The molecule has 1 saturated heterocycles. The average molecular weight is 502 g/mol. The van der Waals surface area contributed by atoms with E-state index in [9.17, 15) is 4.79 Å². The van der Waals surface area contributed by atoms with Gasteiger partial charge in [0.25, 0.3) is 0 Å². The summed E-state index contributed by atoms with van der Waals surface area (Å²) in [5.74, 6) is 1.72. The predicted molar refractivity (Wildman–Crippen MR) is 146 cm³/mol. The van der Waals surface area contributed by atoms with Crippen molar-refractivity contribution in [2.75, 3.05) is 50.2 Å². The van der Waals surface area contributed by atoms with Crippen molar-refractivity contribution < 1.29 is 19.0 Å². The molecular weight excluding hydrogens is 466 g/mol. The highest BCUT2D eigenvalue weighted by molar-refractivity contribution is 5.74. The molecule has 2 aliphatic rings. The third-order valence-corrected chi connectivity index (χ3v) is 7.45. The summed E-state index contributed by atoms with van der Waals surface area (Å²) in [6, 6.07) is 12.8. The Hall–Kier alpha value is -3.58. The second-order valence-corrected chi connectivity index (χ2v) is 9.90. The number of aromatic nitrogens is 1. The van der Waals surface area contributed by atoms with Crippen molar-refractivity contribution in [2.45, 2.75) is 39.7 Å². The van der Waals surface area contributed by atoms with Crippen molar-refractivity contribution >= 4 is 17.5 Å². The molecule has 3 heterocycles. The zero-order valence-electron chi connectivity index (χ0n) is 22.1. The minimum atomic E-state index is -0.213. The summed E-state index contributed by atoms with van der Waals surface area (Å²) in [7, 11) is 1.42. The van der Waals surface area contributed by atoms with E-state index in [1.165, 1.54) is 34.9 Å². The minimum Gasteiger partial charge on any atom is -0.493 e. The van der Waals surface area contributed by atoms with Crippen LogP contribution >= 0.6 is 0 Å². The van der Waals surface area contributed by atoms with Gasteiger partial charge in [0.05, 0.1) is 33.4 Å². The number of benzene rings is 2. The Balaban J connectivity index is 1.32. The van der Waals surface area contributed by atoms with Crippen LogP contribution in [0.15, 0.2) is 42.6 Å². The molecule has 0 unspecified atom stereocenters. The first-order valence-corrected chi connectivity index (χ1v) is 12.9. The summed E-state index contributed by atoms with van der Waals surface area (Å²) in [5, 5.41) is 3.55. The monoisotopic (exact) mass is 501 g/mol. The number of ether oxygens (including phenoxy) is 3. The SMILES string of the molecule is COC(=O)C[C@@H]1COc2cc(NCc3ccc(C)c(-c4cnc(N5CCOCC5)c(C)c4)c3C)ccc21. The lowest BCUT2D eigenvalue weighted by molar-refractivity contribution is -0.141. The molecular formula is C30H35N3O4. The van der Waals surface area contributed by atoms with Gasteiger partial charge in [-0.2, -0.15) is 0 Å². The maximum Gasteiger partial charge on any atom is 0.306 e. The van der Waals surface area contributed by atoms with Gasteiger partial charge < -0.3 is 24.4 Å². The molecule has 37 heavy (non-hydrogen) atoms. The van der Waals surface area contributed by atoms with Crippen LogP contribution in [-0.2, 0) is 20.8 Å². The van der Waals surface area contributed by atoms with Gasteiger partial charge in [-0.15, -0.1) is 0 Å². The molecule has 0 radical (unpaired) electrons. The molecule has 2 aromatic carbocycles. The van der Waals surface area contributed by atoms with E-state index >= 15 is 0 Å². The van der Waals surface area contributed by atoms with Crippen LogP contribution in [0.1, 0.15) is 40.2 Å². The van der Waals surface area contributed by atoms with Crippen LogP contribution in [0, 0.1) is 20.8 Å². The molecule has 5 rings (SSSR count). The first-order chi connectivity index (χ1) is 17.9. The van der Waals surface area contributed by atoms with E-state index in [0.29, 0.717) is 19.6 Å². The third-order valence-electron chi connectivity index (χ3n) is 7.45. The van der Waals surface area contributed by atoms with E-state index in [0.717, 1.165) is 54.7 Å². The number of esters is 1. The number of pyridine rings is 1. The van der Waals surface area contributed by atoms with E-state index in [4.69, 9.17) is 19.2 Å². The summed E-state index contributed by atoms with van der Waals surface area (Å²) >= 11 is 0. The van der Waals surface area contributed by atoms with Crippen molar-refractivity contribution in [2.24, 2.45) is 0 Å². The number of hydrogen-bond donors (Lipinski definition) is 1. The van der Waals surface area contributed by atoms with Crippen molar-refractivity contribution in [3.05, 3.63) is 70.4 Å². The Kier molecular flexibility index (Phi) is 7.33. The number of rotatable bonds is 7. The first kappa shape index (κ1) is 25.1. The summed E-state index contributed by atoms with van der Waals surface area (Å²) in [5.41, 5.74) is 9.36. The van der Waals surface area contributed by atoms with Gasteiger partial charge in [-0.1, -0.05) is 18.2 Å². The first-order valence-electron chi connectivity index (χ1n) is 12.9. The number of carbonyl (C=O) groups excluding carboxylic acids is 1. The molecule has 0 aliphatic carbocycles. The molecule has 3 aromatic rings. The van der Waals surface area contributed by atoms with Gasteiger partial charge in [-0.3, -0.25) is 4.79 Å². The number of nitrogens with one attached hydrogen (secondary N) is 1. The molecule has 2 aliphatic heterocycles. The van der Waals surface area contributed by atoms with Crippen LogP contribution < -0.4 is 15.0 Å². The summed E-state index contributed by atoms with van der Waals surface area (Å²) in [6.45, 7) is 11.0. The van der Waals surface area contributed by atoms with Crippen molar-refractivity contribution in [1.29, 1.82) is 0 Å². The number of carbonyl (C=O) groups is 1. The quantitative estimate of drug-likeness (QED) is 0.448. The predicted octanol–water partition coefficient (Wildman–Crippen LogP) is 5.16. The Morgan fingerprint density at radius 2 is 1.92 bits per heavy atom. The van der Waals surface area contributed by atoms with Gasteiger partial charge in [-0.25, -0.2) is 4.98 Å². The highest BCUT2D eigenvalue weighted by Gasteiger charge is 2.27. The zero-order valence-corrected chi connectivity index (χ0v) is 22.1. The lowest BCUT2D eigenvalue weighted by Gasteiger charge is -2.29. The number of fused-ring (bicyclic) bond motifs is 1. The second kappa shape index (κ2) is 10.8. The molecule has 1 N–H and O–H groups in total. The van der Waals surface area contributed by atoms with Crippen molar-refractivity contribution in [1.82, 2.24) is 4.98 Å². The molecule has 1 fully saturated rings. The molecule has 0 amide bonds. The lowest BCUT2D eigenvalue weighted by atomic mass is 9.92. The highest BCUT2D eigenvalue weighted by atomic mass is 16.5. The average Bonchev–Trinajstić information content (AvgIpc) is 3.30. The maximum absolute atomic E-state index is 11.7. The number of hydrogen-bond acceptors (Lipinski definition) is 7. The number of anilines is 2. The van der Waals surface area contributed by atoms with Crippen LogP contribution in [0.3, 0.4) is 0 Å². The molecule has 0 spiro atoms. The van der Waals surface area contributed by atoms with Gasteiger partial charge in [0, 0.05) is 54.6 Å². The van der Waals surface area contributed by atoms with Crippen LogP contribution in [0.2, 0.25) is 0 Å². The van der Waals surface area contributed by atoms with Crippen molar-refractivity contribution in [3.63, 3.8) is 0 Å². The summed E-state index contributed by atoms with van der Waals surface area (Å²) in [4.78, 5) is 18.9. The number of morpholine rings is 1. The third kappa shape index (κ3) is 5.27. The Morgan fingerprint density at radius 3 is 2.68 bits per heavy atom. The molecule has 7 nitrogen and oxygen atoms in total. The van der Waals surface area contributed by atoms with Crippen molar-refractivity contribution in [3.8, 4) is 16.9 Å². The highest BCUT2D eigenvalue weighted by Crippen LogP contribution is 2.38. The Bertz CT molecular complexity index is 1300. The molecule has 0 saturated carbocycles. The largest absolute Gasteiger partial charge is 0.493 e. The van der Waals surface area contributed by atoms with Gasteiger partial charge in [0.2, 0.25) is 0 Å². The van der Waals surface area contributed by atoms with E-state index in [1.807, 2.05) is 12.3 Å². The fourth-order valence-corrected chi connectivity index (χ4v) is 5.37. The fourth-order valence-electron chi connectivity index (χ4n) is 5.37. The Labute approximate surface area is 218 Å². The van der Waals surface area contributed by atoms with Gasteiger partial charge >= 0.3 is 5.97 Å². The van der Waals surface area contributed by atoms with Gasteiger partial charge in [0.15, 0.2) is 0 Å². The van der Waals surface area contributed by atoms with Gasteiger partial charge in [0.1, 0.15) is 11.6 Å². The van der Waals surface area contributed by atoms with E-state index in [1.54, 1.807) is 0 Å². The normalized spacial score (nSPS) is 16.8. The number of nitrogens with zero attached hydrogens (tertiary/aromatic N) is 2. The number of methoxy groups -OCH3 is 1. The molecule has 194 valence electrons. The van der Waals surface area contributed by atoms with Crippen LogP contribution in [0.5, 0.6) is 5.75 Å². The number of aryl methyl sites for hydroxylation is 2. The molecule has 0 bridgehead atoms. The topological polar surface area (TPSA) is 72.9 Å². The molecule has 7 heteroatoms. The fraction of sp³-hybridized carbons (Fsp3) is 0.400. The van der Waals surface area contributed by atoms with Crippen LogP contribution in [-0.4, -0.2) is 51.0 Å². The molecule has 1 atom stereocenters. The van der Waals surface area contributed by atoms with E-state index in [2.05, 4.69) is 61.3 Å². The maximum atomic E-state index is 11.7. The smallest absolute Gasteiger partial charge is 0.306 e. The summed E-state index contributed by atoms with van der Waals surface area (Å²) < 4.78 is 16.2. The van der Waals surface area contributed by atoms with Gasteiger partial charge in [-0.05, 0) is 60.7 Å². The lowest BCUT2D eigenvalue weighted by Crippen LogP contribution is -2.37. The minimum absolute atomic E-state index is 0.0464. The second-order valence-electron chi connectivity index (χ2n) is 9.90. The van der Waals surface area contributed by atoms with Crippen LogP contribution in [0.25, 0.3) is 11.1 Å². The standard InChI is InChI=1S/C30H35N3O4/c1-19-5-6-22(16-31-25-7-8-26-24(14-28(34)35-4)18-37-27(26)15-25)21(3)29(19)23-13-20(2)30(32-17-23)33-9-11-36-12-10-33/h5-8,13,15,17,24,31H,9-12,14,16,18H2,1-4H3/t24-/m1/s1. The zero-order chi connectivity index (χ0) is 25.9.